The first-order valence-electron chi connectivity index (χ1n) is 6.57. The van der Waals surface area contributed by atoms with Gasteiger partial charge in [-0.15, -0.1) is 5.10 Å². The molecule has 0 aliphatic heterocycles. The van der Waals surface area contributed by atoms with Crippen LogP contribution in [0.4, 0.5) is 0 Å². The number of methoxy groups -OCH3 is 2. The molecule has 0 fully saturated rings. The third-order valence-corrected chi connectivity index (χ3v) is 3.43. The van der Waals surface area contributed by atoms with Gasteiger partial charge in [0.05, 0.1) is 31.7 Å². The van der Waals surface area contributed by atoms with Crippen molar-refractivity contribution in [1.82, 2.24) is 9.78 Å². The van der Waals surface area contributed by atoms with Crippen LogP contribution in [0.15, 0.2) is 42.5 Å². The number of hydrogen-bond donors (Lipinski definition) is 1. The predicted octanol–water partition coefficient (Wildman–Crippen LogP) is 2.81. The average molecular weight is 284 g/mol. The maximum absolute atomic E-state index is 9.96. The molecule has 0 aliphatic carbocycles. The lowest BCUT2D eigenvalue weighted by molar-refractivity contribution is 0.414. The minimum absolute atomic E-state index is 0.0115. The van der Waals surface area contributed by atoms with Crippen LogP contribution in [-0.4, -0.2) is 29.1 Å². The summed E-state index contributed by atoms with van der Waals surface area (Å²) in [7, 11) is 3.24. The van der Waals surface area contributed by atoms with E-state index >= 15 is 0 Å². The minimum atomic E-state index is 0.0115. The molecule has 5 heteroatoms. The zero-order valence-electron chi connectivity index (χ0n) is 11.9. The lowest BCUT2D eigenvalue weighted by Gasteiger charge is -2.05. The van der Waals surface area contributed by atoms with Crippen molar-refractivity contribution in [3.8, 4) is 17.4 Å². The van der Waals surface area contributed by atoms with Crippen molar-refractivity contribution in [2.24, 2.45) is 0 Å². The van der Waals surface area contributed by atoms with Gasteiger partial charge in [-0.1, -0.05) is 12.1 Å². The van der Waals surface area contributed by atoms with Crippen LogP contribution in [0, 0.1) is 0 Å². The molecular formula is C16H16N2O3. The number of fused-ring (bicyclic) bond motifs is 1. The molecule has 0 atom stereocenters. The van der Waals surface area contributed by atoms with E-state index in [1.807, 2.05) is 36.4 Å². The van der Waals surface area contributed by atoms with Crippen LogP contribution in [0.5, 0.6) is 17.4 Å². The van der Waals surface area contributed by atoms with E-state index < -0.39 is 0 Å². The Kier molecular flexibility index (Phi) is 3.39. The lowest BCUT2D eigenvalue weighted by Crippen LogP contribution is -2.01. The van der Waals surface area contributed by atoms with Crippen LogP contribution in [0.3, 0.4) is 0 Å². The van der Waals surface area contributed by atoms with Crippen LogP contribution < -0.4 is 9.47 Å². The van der Waals surface area contributed by atoms with Crippen LogP contribution in [0.1, 0.15) is 5.56 Å². The maximum atomic E-state index is 9.96. The van der Waals surface area contributed by atoms with E-state index in [1.54, 1.807) is 25.0 Å². The Morgan fingerprint density at radius 2 is 1.67 bits per heavy atom. The second-order valence-electron chi connectivity index (χ2n) is 4.71. The number of hydrogen-bond acceptors (Lipinski definition) is 4. The van der Waals surface area contributed by atoms with Gasteiger partial charge in [-0.05, 0) is 35.9 Å². The second-order valence-corrected chi connectivity index (χ2v) is 4.71. The summed E-state index contributed by atoms with van der Waals surface area (Å²) in [5.74, 6) is 1.52. The van der Waals surface area contributed by atoms with Gasteiger partial charge in [0.25, 0.3) is 0 Å². The summed E-state index contributed by atoms with van der Waals surface area (Å²) in [5, 5.41) is 14.8. The van der Waals surface area contributed by atoms with Crippen LogP contribution in [0.25, 0.3) is 10.9 Å². The van der Waals surface area contributed by atoms with Crippen LogP contribution in [0.2, 0.25) is 0 Å². The van der Waals surface area contributed by atoms with E-state index in [-0.39, 0.29) is 5.88 Å². The van der Waals surface area contributed by atoms with Gasteiger partial charge in [-0.3, -0.25) is 4.68 Å². The van der Waals surface area contributed by atoms with Gasteiger partial charge < -0.3 is 14.6 Å². The van der Waals surface area contributed by atoms with E-state index in [4.69, 9.17) is 9.47 Å². The van der Waals surface area contributed by atoms with E-state index in [1.165, 1.54) is 0 Å². The minimum Gasteiger partial charge on any atom is -0.497 e. The molecule has 21 heavy (non-hydrogen) atoms. The molecule has 0 radical (unpaired) electrons. The zero-order valence-corrected chi connectivity index (χ0v) is 11.9. The highest BCUT2D eigenvalue weighted by Crippen LogP contribution is 2.28. The number of nitrogens with zero attached hydrogens (tertiary/aromatic N) is 2. The summed E-state index contributed by atoms with van der Waals surface area (Å²) in [5.41, 5.74) is 1.94. The number of ether oxygens (including phenoxy) is 2. The van der Waals surface area contributed by atoms with Crippen molar-refractivity contribution >= 4 is 10.9 Å². The SMILES string of the molecule is COc1ccc(Cn2nc(O)c3cc(OC)ccc32)cc1. The molecule has 0 saturated carbocycles. The number of rotatable bonds is 4. The number of aromatic nitrogens is 2. The molecule has 3 rings (SSSR count). The van der Waals surface area contributed by atoms with Gasteiger partial charge in [0.2, 0.25) is 5.88 Å². The third-order valence-electron chi connectivity index (χ3n) is 3.43. The fraction of sp³-hybridized carbons (Fsp3) is 0.188. The van der Waals surface area contributed by atoms with Gasteiger partial charge >= 0.3 is 0 Å². The standard InChI is InChI=1S/C16H16N2O3/c1-20-12-5-3-11(4-6-12)10-18-15-8-7-13(21-2)9-14(15)16(19)17-18/h3-9H,10H2,1-2H3,(H,17,19). The third kappa shape index (κ3) is 2.50. The Morgan fingerprint density at radius 3 is 2.33 bits per heavy atom. The van der Waals surface area contributed by atoms with Gasteiger partial charge in [-0.2, -0.15) is 0 Å². The van der Waals surface area contributed by atoms with Crippen molar-refractivity contribution < 1.29 is 14.6 Å². The molecule has 3 aromatic rings. The predicted molar refractivity (Wildman–Crippen MR) is 80.0 cm³/mol. The van der Waals surface area contributed by atoms with E-state index in [0.717, 1.165) is 16.8 Å². The van der Waals surface area contributed by atoms with Crippen LogP contribution in [-0.2, 0) is 6.54 Å². The molecule has 5 nitrogen and oxygen atoms in total. The van der Waals surface area contributed by atoms with Crippen molar-refractivity contribution in [2.45, 2.75) is 6.54 Å². The molecule has 0 bridgehead atoms. The van der Waals surface area contributed by atoms with E-state index in [9.17, 15) is 5.11 Å². The maximum Gasteiger partial charge on any atom is 0.238 e. The molecule has 2 aromatic carbocycles. The van der Waals surface area contributed by atoms with Crippen molar-refractivity contribution in [2.75, 3.05) is 14.2 Å². The molecule has 108 valence electrons. The van der Waals surface area contributed by atoms with Gasteiger partial charge in [0.1, 0.15) is 11.5 Å². The first-order chi connectivity index (χ1) is 10.2. The highest BCUT2D eigenvalue weighted by molar-refractivity contribution is 5.85. The Bertz CT molecular complexity index is 763. The zero-order chi connectivity index (χ0) is 14.8. The highest BCUT2D eigenvalue weighted by atomic mass is 16.5. The molecule has 1 aromatic heterocycles. The normalized spacial score (nSPS) is 10.8. The second kappa shape index (κ2) is 5.36. The first-order valence-corrected chi connectivity index (χ1v) is 6.57. The molecule has 0 unspecified atom stereocenters. The smallest absolute Gasteiger partial charge is 0.238 e. The summed E-state index contributed by atoms with van der Waals surface area (Å²) in [6.07, 6.45) is 0. The van der Waals surface area contributed by atoms with Gasteiger partial charge in [0.15, 0.2) is 0 Å². The van der Waals surface area contributed by atoms with Crippen molar-refractivity contribution in [3.05, 3.63) is 48.0 Å². The molecule has 0 saturated heterocycles. The number of aromatic hydroxyl groups is 1. The first kappa shape index (κ1) is 13.3. The fourth-order valence-corrected chi connectivity index (χ4v) is 2.29. The van der Waals surface area contributed by atoms with Gasteiger partial charge in [-0.25, -0.2) is 0 Å². The number of benzene rings is 2. The monoisotopic (exact) mass is 284 g/mol. The molecule has 1 heterocycles. The van der Waals surface area contributed by atoms with Crippen molar-refractivity contribution in [1.29, 1.82) is 0 Å². The molecular weight excluding hydrogens is 268 g/mol. The molecule has 1 N–H and O–H groups in total. The molecule has 0 aliphatic rings. The summed E-state index contributed by atoms with van der Waals surface area (Å²) >= 11 is 0. The van der Waals surface area contributed by atoms with Gasteiger partial charge in [0, 0.05) is 0 Å². The summed E-state index contributed by atoms with van der Waals surface area (Å²) in [6, 6.07) is 13.3. The van der Waals surface area contributed by atoms with Crippen LogP contribution >= 0.6 is 0 Å². The molecule has 0 spiro atoms. The van der Waals surface area contributed by atoms with Crippen molar-refractivity contribution in [3.63, 3.8) is 0 Å². The average Bonchev–Trinajstić information content (AvgIpc) is 2.83. The largest absolute Gasteiger partial charge is 0.497 e. The summed E-state index contributed by atoms with van der Waals surface area (Å²) in [4.78, 5) is 0. The Hall–Kier alpha value is -2.69. The fourth-order valence-electron chi connectivity index (χ4n) is 2.29. The summed E-state index contributed by atoms with van der Waals surface area (Å²) in [6.45, 7) is 0.577. The highest BCUT2D eigenvalue weighted by Gasteiger charge is 2.11. The Balaban J connectivity index is 1.96. The Labute approximate surface area is 122 Å². The Morgan fingerprint density at radius 1 is 1.00 bits per heavy atom. The van der Waals surface area contributed by atoms with E-state index in [0.29, 0.717) is 17.7 Å². The van der Waals surface area contributed by atoms with E-state index in [2.05, 4.69) is 5.10 Å². The summed E-state index contributed by atoms with van der Waals surface area (Å²) < 4.78 is 12.1. The topological polar surface area (TPSA) is 56.5 Å². The lowest BCUT2D eigenvalue weighted by atomic mass is 10.2. The quantitative estimate of drug-likeness (QED) is 0.800. The molecule has 0 amide bonds.